The lowest BCUT2D eigenvalue weighted by Gasteiger charge is -2.30. The van der Waals surface area contributed by atoms with Gasteiger partial charge in [0.2, 0.25) is 5.91 Å². The Balaban J connectivity index is 2.40. The zero-order valence-electron chi connectivity index (χ0n) is 11.5. The maximum absolute atomic E-state index is 12.2. The van der Waals surface area contributed by atoms with Gasteiger partial charge in [-0.1, -0.05) is 12.8 Å². The molecule has 0 heterocycles. The van der Waals surface area contributed by atoms with E-state index in [1.54, 1.807) is 6.26 Å². The van der Waals surface area contributed by atoms with Crippen molar-refractivity contribution >= 4 is 16.7 Å². The first-order valence-corrected chi connectivity index (χ1v) is 8.57. The van der Waals surface area contributed by atoms with Crippen LogP contribution in [0.25, 0.3) is 0 Å². The number of carbonyl (C=O) groups is 1. The van der Waals surface area contributed by atoms with E-state index in [2.05, 4.69) is 5.32 Å². The topological polar surface area (TPSA) is 72.2 Å². The number of nitrogens with two attached hydrogens (primary N) is 1. The zero-order valence-corrected chi connectivity index (χ0v) is 12.3. The maximum atomic E-state index is 12.2. The third-order valence-corrected chi connectivity index (χ3v) is 4.59. The van der Waals surface area contributed by atoms with Gasteiger partial charge in [-0.25, -0.2) is 0 Å². The van der Waals surface area contributed by atoms with E-state index in [-0.39, 0.29) is 17.9 Å². The second kappa shape index (κ2) is 7.89. The summed E-state index contributed by atoms with van der Waals surface area (Å²) in [4.78, 5) is 12.2. The number of rotatable bonds is 6. The first-order chi connectivity index (χ1) is 8.54. The molecule has 1 amide bonds. The zero-order chi connectivity index (χ0) is 13.5. The molecular weight excluding hydrogens is 248 g/mol. The Morgan fingerprint density at radius 3 is 2.72 bits per heavy atom. The summed E-state index contributed by atoms with van der Waals surface area (Å²) >= 11 is 0. The van der Waals surface area contributed by atoms with Crippen molar-refractivity contribution in [3.63, 3.8) is 0 Å². The van der Waals surface area contributed by atoms with Crippen molar-refractivity contribution in [2.24, 2.45) is 17.6 Å². The van der Waals surface area contributed by atoms with Crippen LogP contribution in [-0.4, -0.2) is 34.7 Å². The molecule has 0 aromatic carbocycles. The molecule has 106 valence electrons. The van der Waals surface area contributed by atoms with Gasteiger partial charge in [0.25, 0.3) is 0 Å². The highest BCUT2D eigenvalue weighted by Crippen LogP contribution is 2.29. The maximum Gasteiger partial charge on any atom is 0.223 e. The van der Waals surface area contributed by atoms with E-state index in [4.69, 9.17) is 5.73 Å². The summed E-state index contributed by atoms with van der Waals surface area (Å²) in [7, 11) is -0.786. The number of carbonyl (C=O) groups excluding carboxylic acids is 1. The van der Waals surface area contributed by atoms with E-state index in [1.165, 1.54) is 6.42 Å². The fraction of sp³-hybridized carbons (Fsp3) is 0.923. The summed E-state index contributed by atoms with van der Waals surface area (Å²) in [6.07, 6.45) is 6.81. The lowest BCUT2D eigenvalue weighted by Crippen LogP contribution is -2.43. The molecular formula is C13H26N2O2S. The van der Waals surface area contributed by atoms with Crippen molar-refractivity contribution in [3.8, 4) is 0 Å². The van der Waals surface area contributed by atoms with Crippen molar-refractivity contribution in [1.82, 2.24) is 5.32 Å². The lowest BCUT2D eigenvalue weighted by molar-refractivity contribution is -0.128. The molecule has 3 N–H and O–H groups in total. The minimum absolute atomic E-state index is 0.0818. The quantitative estimate of drug-likeness (QED) is 0.760. The predicted octanol–water partition coefficient (Wildman–Crippen LogP) is 1.02. The molecule has 0 aromatic rings. The Morgan fingerprint density at radius 2 is 2.11 bits per heavy atom. The summed E-state index contributed by atoms with van der Waals surface area (Å²) in [5.74, 6) is 1.20. The highest BCUT2D eigenvalue weighted by molar-refractivity contribution is 7.84. The van der Waals surface area contributed by atoms with Gasteiger partial charge in [0.05, 0.1) is 0 Å². The van der Waals surface area contributed by atoms with Crippen LogP contribution in [0.3, 0.4) is 0 Å². The Bertz CT molecular complexity index is 297. The van der Waals surface area contributed by atoms with Gasteiger partial charge in [-0.15, -0.1) is 0 Å². The van der Waals surface area contributed by atoms with Crippen molar-refractivity contribution in [1.29, 1.82) is 0 Å². The Labute approximate surface area is 113 Å². The number of amides is 1. The van der Waals surface area contributed by atoms with E-state index in [1.807, 2.05) is 6.92 Å². The molecule has 5 heteroatoms. The molecule has 0 saturated heterocycles. The van der Waals surface area contributed by atoms with Crippen LogP contribution in [0.15, 0.2) is 0 Å². The molecule has 1 aliphatic rings. The first-order valence-electron chi connectivity index (χ1n) is 6.85. The van der Waals surface area contributed by atoms with Gasteiger partial charge in [-0.2, -0.15) is 0 Å². The number of nitrogens with one attached hydrogen (secondary N) is 1. The van der Waals surface area contributed by atoms with Gasteiger partial charge in [0.15, 0.2) is 0 Å². The lowest BCUT2D eigenvalue weighted by atomic mass is 9.78. The van der Waals surface area contributed by atoms with Crippen molar-refractivity contribution in [2.45, 2.75) is 45.1 Å². The summed E-state index contributed by atoms with van der Waals surface area (Å²) in [6, 6.07) is 0.0988. The van der Waals surface area contributed by atoms with Crippen LogP contribution in [0.1, 0.15) is 39.0 Å². The van der Waals surface area contributed by atoms with E-state index < -0.39 is 10.8 Å². The normalized spacial score (nSPS) is 27.5. The molecule has 0 bridgehead atoms. The van der Waals surface area contributed by atoms with Gasteiger partial charge in [-0.05, 0) is 38.6 Å². The van der Waals surface area contributed by atoms with Crippen LogP contribution < -0.4 is 11.1 Å². The van der Waals surface area contributed by atoms with Gasteiger partial charge in [-0.3, -0.25) is 9.00 Å². The second-order valence-electron chi connectivity index (χ2n) is 5.36. The average Bonchev–Trinajstić information content (AvgIpc) is 2.36. The highest BCUT2D eigenvalue weighted by Gasteiger charge is 2.30. The monoisotopic (exact) mass is 274 g/mol. The van der Waals surface area contributed by atoms with Gasteiger partial charge in [0.1, 0.15) is 0 Å². The van der Waals surface area contributed by atoms with E-state index in [9.17, 15) is 9.00 Å². The van der Waals surface area contributed by atoms with Crippen LogP contribution in [0.4, 0.5) is 0 Å². The van der Waals surface area contributed by atoms with Crippen LogP contribution >= 0.6 is 0 Å². The third kappa shape index (κ3) is 5.06. The second-order valence-corrected chi connectivity index (χ2v) is 6.92. The molecule has 18 heavy (non-hydrogen) atoms. The molecule has 1 fully saturated rings. The number of hydrogen-bond acceptors (Lipinski definition) is 3. The molecule has 1 rings (SSSR count). The first kappa shape index (κ1) is 15.6. The Hall–Kier alpha value is -0.420. The van der Waals surface area contributed by atoms with Crippen molar-refractivity contribution in [2.75, 3.05) is 18.6 Å². The highest BCUT2D eigenvalue weighted by atomic mass is 32.2. The van der Waals surface area contributed by atoms with Gasteiger partial charge >= 0.3 is 0 Å². The molecule has 1 saturated carbocycles. The molecule has 1 aliphatic carbocycles. The molecule has 0 aromatic heterocycles. The summed E-state index contributed by atoms with van der Waals surface area (Å²) in [6.45, 7) is 2.58. The molecule has 0 aliphatic heterocycles. The molecule has 4 nitrogen and oxygen atoms in total. The summed E-state index contributed by atoms with van der Waals surface area (Å²) < 4.78 is 11.0. The fourth-order valence-electron chi connectivity index (χ4n) is 2.60. The predicted molar refractivity (Wildman–Crippen MR) is 75.7 cm³/mol. The molecule has 0 spiro atoms. The Kier molecular flexibility index (Phi) is 6.86. The van der Waals surface area contributed by atoms with Crippen LogP contribution in [0.5, 0.6) is 0 Å². The SMILES string of the molecule is CC(CCS(C)=O)NC(=O)C1CCCCC1CN. The number of hydrogen-bond donors (Lipinski definition) is 2. The fourth-order valence-corrected chi connectivity index (χ4v) is 3.29. The van der Waals surface area contributed by atoms with Crippen molar-refractivity contribution < 1.29 is 9.00 Å². The van der Waals surface area contributed by atoms with E-state index in [0.29, 0.717) is 18.2 Å². The van der Waals surface area contributed by atoms with Crippen LogP contribution in [0.2, 0.25) is 0 Å². The largest absolute Gasteiger partial charge is 0.353 e. The standard InChI is InChI=1S/C13H26N2O2S/c1-10(7-8-18(2)17)15-13(16)12-6-4-3-5-11(12)9-14/h10-12H,3-9,14H2,1-2H3,(H,15,16). The average molecular weight is 274 g/mol. The van der Waals surface area contributed by atoms with E-state index >= 15 is 0 Å². The van der Waals surface area contributed by atoms with Gasteiger partial charge in [0, 0.05) is 34.8 Å². The third-order valence-electron chi connectivity index (χ3n) is 3.78. The van der Waals surface area contributed by atoms with E-state index in [0.717, 1.165) is 25.7 Å². The Morgan fingerprint density at radius 1 is 1.44 bits per heavy atom. The summed E-state index contributed by atoms with van der Waals surface area (Å²) in [5.41, 5.74) is 5.74. The van der Waals surface area contributed by atoms with Gasteiger partial charge < -0.3 is 11.1 Å². The minimum Gasteiger partial charge on any atom is -0.353 e. The molecule has 0 radical (unpaired) electrons. The van der Waals surface area contributed by atoms with Crippen LogP contribution in [-0.2, 0) is 15.6 Å². The molecule has 4 unspecified atom stereocenters. The molecule has 4 atom stereocenters. The minimum atomic E-state index is -0.786. The van der Waals surface area contributed by atoms with Crippen LogP contribution in [0, 0.1) is 11.8 Å². The summed E-state index contributed by atoms with van der Waals surface area (Å²) in [5, 5.41) is 3.04. The van der Waals surface area contributed by atoms with Crippen molar-refractivity contribution in [3.05, 3.63) is 0 Å². The smallest absolute Gasteiger partial charge is 0.223 e.